The van der Waals surface area contributed by atoms with Crippen LogP contribution in [0.1, 0.15) is 12.8 Å². The number of piperidine rings is 1. The van der Waals surface area contributed by atoms with Crippen LogP contribution in [0, 0.1) is 0 Å². The molecule has 1 saturated heterocycles. The SMILES string of the molecule is CNS(=O)(=O)c1ccc(N2CCC(OC)CC2)c(N)c1. The van der Waals surface area contributed by atoms with E-state index in [1.165, 1.54) is 13.1 Å². The monoisotopic (exact) mass is 299 g/mol. The third-order valence-corrected chi connectivity index (χ3v) is 5.11. The van der Waals surface area contributed by atoms with Crippen molar-refractivity contribution in [3.63, 3.8) is 0 Å². The Morgan fingerprint density at radius 1 is 1.35 bits per heavy atom. The fourth-order valence-electron chi connectivity index (χ4n) is 2.44. The van der Waals surface area contributed by atoms with E-state index in [0.29, 0.717) is 11.8 Å². The summed E-state index contributed by atoms with van der Waals surface area (Å²) in [7, 11) is -0.337. The maximum atomic E-state index is 11.7. The maximum absolute atomic E-state index is 11.7. The van der Waals surface area contributed by atoms with Crippen LogP contribution in [0.3, 0.4) is 0 Å². The van der Waals surface area contributed by atoms with Crippen LogP contribution in [0.5, 0.6) is 0 Å². The Labute approximate surface area is 120 Å². The van der Waals surface area contributed by atoms with Crippen molar-refractivity contribution in [1.29, 1.82) is 0 Å². The molecule has 1 fully saturated rings. The Morgan fingerprint density at radius 3 is 2.50 bits per heavy atom. The number of hydrogen-bond donors (Lipinski definition) is 2. The number of anilines is 2. The van der Waals surface area contributed by atoms with Crippen LogP contribution >= 0.6 is 0 Å². The van der Waals surface area contributed by atoms with Crippen molar-refractivity contribution in [3.05, 3.63) is 18.2 Å². The number of nitrogens with one attached hydrogen (secondary N) is 1. The maximum Gasteiger partial charge on any atom is 0.240 e. The Balaban J connectivity index is 2.19. The minimum Gasteiger partial charge on any atom is -0.397 e. The number of hydrogen-bond acceptors (Lipinski definition) is 5. The van der Waals surface area contributed by atoms with E-state index in [2.05, 4.69) is 9.62 Å². The van der Waals surface area contributed by atoms with Crippen molar-refractivity contribution < 1.29 is 13.2 Å². The lowest BCUT2D eigenvalue weighted by Crippen LogP contribution is -2.37. The van der Waals surface area contributed by atoms with Crippen LogP contribution in [0.25, 0.3) is 0 Å². The van der Waals surface area contributed by atoms with Gasteiger partial charge in [0.2, 0.25) is 10.0 Å². The lowest BCUT2D eigenvalue weighted by Gasteiger charge is -2.33. The van der Waals surface area contributed by atoms with Gasteiger partial charge in [0.05, 0.1) is 22.4 Å². The number of ether oxygens (including phenoxy) is 1. The molecule has 0 saturated carbocycles. The minimum absolute atomic E-state index is 0.188. The Kier molecular flexibility index (Phi) is 4.52. The van der Waals surface area contributed by atoms with Gasteiger partial charge in [-0.05, 0) is 38.1 Å². The lowest BCUT2D eigenvalue weighted by molar-refractivity contribution is 0.0819. The first-order chi connectivity index (χ1) is 9.47. The highest BCUT2D eigenvalue weighted by Gasteiger charge is 2.21. The van der Waals surface area contributed by atoms with Crippen molar-refractivity contribution in [1.82, 2.24) is 4.72 Å². The first-order valence-electron chi connectivity index (χ1n) is 6.58. The van der Waals surface area contributed by atoms with E-state index in [1.807, 2.05) is 0 Å². The van der Waals surface area contributed by atoms with E-state index in [1.54, 1.807) is 19.2 Å². The zero-order valence-electron chi connectivity index (χ0n) is 11.8. The van der Waals surface area contributed by atoms with Gasteiger partial charge in [-0.2, -0.15) is 0 Å². The molecule has 0 spiro atoms. The molecule has 0 aliphatic carbocycles. The third-order valence-electron chi connectivity index (χ3n) is 3.69. The van der Waals surface area contributed by atoms with Crippen molar-refractivity contribution in [2.45, 2.75) is 23.8 Å². The third kappa shape index (κ3) is 3.05. The summed E-state index contributed by atoms with van der Waals surface area (Å²) in [6, 6.07) is 4.86. The molecule has 0 atom stereocenters. The first kappa shape index (κ1) is 15.1. The van der Waals surface area contributed by atoms with Gasteiger partial charge in [-0.15, -0.1) is 0 Å². The van der Waals surface area contributed by atoms with Crippen molar-refractivity contribution in [3.8, 4) is 0 Å². The van der Waals surface area contributed by atoms with Crippen LogP contribution in [0.4, 0.5) is 11.4 Å². The molecule has 0 unspecified atom stereocenters. The number of nitrogens with two attached hydrogens (primary N) is 1. The van der Waals surface area contributed by atoms with Crippen LogP contribution in [0.2, 0.25) is 0 Å². The number of methoxy groups -OCH3 is 1. The molecule has 6 nitrogen and oxygen atoms in total. The molecule has 2 rings (SSSR count). The second kappa shape index (κ2) is 5.99. The number of rotatable bonds is 4. The van der Waals surface area contributed by atoms with Crippen LogP contribution in [0.15, 0.2) is 23.1 Å². The topological polar surface area (TPSA) is 84.7 Å². The van der Waals surface area contributed by atoms with Crippen LogP contribution in [-0.2, 0) is 14.8 Å². The van der Waals surface area contributed by atoms with E-state index < -0.39 is 10.0 Å². The highest BCUT2D eigenvalue weighted by atomic mass is 32.2. The van der Waals surface area contributed by atoms with E-state index in [4.69, 9.17) is 10.5 Å². The standard InChI is InChI=1S/C13H21N3O3S/c1-15-20(17,18)11-3-4-13(12(14)9-11)16-7-5-10(19-2)6-8-16/h3-4,9-10,15H,5-8,14H2,1-2H3. The van der Waals surface area contributed by atoms with Gasteiger partial charge in [-0.25, -0.2) is 13.1 Å². The molecule has 3 N–H and O–H groups in total. The number of sulfonamides is 1. The highest BCUT2D eigenvalue weighted by Crippen LogP contribution is 2.29. The number of nitrogens with zero attached hydrogens (tertiary/aromatic N) is 1. The smallest absolute Gasteiger partial charge is 0.240 e. The largest absolute Gasteiger partial charge is 0.397 e. The summed E-state index contributed by atoms with van der Waals surface area (Å²) in [5, 5.41) is 0. The number of benzene rings is 1. The van der Waals surface area contributed by atoms with E-state index in [-0.39, 0.29) is 4.90 Å². The van der Waals surface area contributed by atoms with Gasteiger partial charge < -0.3 is 15.4 Å². The summed E-state index contributed by atoms with van der Waals surface area (Å²) >= 11 is 0. The Morgan fingerprint density at radius 2 is 2.00 bits per heavy atom. The molecule has 1 heterocycles. The second-order valence-electron chi connectivity index (χ2n) is 4.85. The van der Waals surface area contributed by atoms with Gasteiger partial charge in [0.1, 0.15) is 0 Å². The molecule has 1 aliphatic heterocycles. The van der Waals surface area contributed by atoms with Crippen molar-refractivity contribution >= 4 is 21.4 Å². The molecule has 0 aromatic heterocycles. The van der Waals surface area contributed by atoms with Crippen molar-refractivity contribution in [2.24, 2.45) is 0 Å². The average Bonchev–Trinajstić information content (AvgIpc) is 2.47. The summed E-state index contributed by atoms with van der Waals surface area (Å²) < 4.78 is 31.1. The predicted octanol–water partition coefficient (Wildman–Crippen LogP) is 0.792. The summed E-state index contributed by atoms with van der Waals surface area (Å²) in [6.45, 7) is 1.72. The molecular weight excluding hydrogens is 278 g/mol. The predicted molar refractivity (Wildman–Crippen MR) is 79.3 cm³/mol. The zero-order valence-corrected chi connectivity index (χ0v) is 12.6. The summed E-state index contributed by atoms with van der Waals surface area (Å²) in [5.74, 6) is 0. The lowest BCUT2D eigenvalue weighted by atomic mass is 10.1. The van der Waals surface area contributed by atoms with Gasteiger partial charge in [0, 0.05) is 20.2 Å². The first-order valence-corrected chi connectivity index (χ1v) is 8.07. The Bertz CT molecular complexity index is 566. The fraction of sp³-hybridized carbons (Fsp3) is 0.538. The van der Waals surface area contributed by atoms with Crippen LogP contribution < -0.4 is 15.4 Å². The quantitative estimate of drug-likeness (QED) is 0.803. The van der Waals surface area contributed by atoms with Crippen LogP contribution in [-0.4, -0.2) is 41.8 Å². The molecule has 0 radical (unpaired) electrons. The number of nitrogen functional groups attached to an aromatic ring is 1. The molecule has 1 aromatic carbocycles. The molecule has 7 heteroatoms. The molecular formula is C13H21N3O3S. The molecule has 1 aliphatic rings. The fourth-order valence-corrected chi connectivity index (χ4v) is 3.20. The van der Waals surface area contributed by atoms with Gasteiger partial charge >= 0.3 is 0 Å². The van der Waals surface area contributed by atoms with E-state index >= 15 is 0 Å². The molecule has 112 valence electrons. The van der Waals surface area contributed by atoms with Gasteiger partial charge in [-0.3, -0.25) is 0 Å². The highest BCUT2D eigenvalue weighted by molar-refractivity contribution is 7.89. The van der Waals surface area contributed by atoms with Gasteiger partial charge in [0.25, 0.3) is 0 Å². The molecule has 0 amide bonds. The Hall–Kier alpha value is -1.31. The zero-order chi connectivity index (χ0) is 14.8. The summed E-state index contributed by atoms with van der Waals surface area (Å²) in [5.41, 5.74) is 7.37. The van der Waals surface area contributed by atoms with Gasteiger partial charge in [-0.1, -0.05) is 0 Å². The van der Waals surface area contributed by atoms with E-state index in [9.17, 15) is 8.42 Å². The van der Waals surface area contributed by atoms with Gasteiger partial charge in [0.15, 0.2) is 0 Å². The normalized spacial score (nSPS) is 17.4. The average molecular weight is 299 g/mol. The summed E-state index contributed by atoms with van der Waals surface area (Å²) in [4.78, 5) is 2.36. The molecule has 0 bridgehead atoms. The van der Waals surface area contributed by atoms with E-state index in [0.717, 1.165) is 31.6 Å². The molecule has 20 heavy (non-hydrogen) atoms. The molecule has 1 aromatic rings. The second-order valence-corrected chi connectivity index (χ2v) is 6.74. The minimum atomic E-state index is -3.45. The van der Waals surface area contributed by atoms with Crippen molar-refractivity contribution in [2.75, 3.05) is 37.9 Å². The summed E-state index contributed by atoms with van der Waals surface area (Å²) in [6.07, 6.45) is 2.20.